The number of hydrogen-bond acceptors (Lipinski definition) is 1. The zero-order valence-corrected chi connectivity index (χ0v) is 11.3. The first-order valence-corrected chi connectivity index (χ1v) is 6.84. The van der Waals surface area contributed by atoms with Crippen LogP contribution >= 0.6 is 0 Å². The van der Waals surface area contributed by atoms with Crippen molar-refractivity contribution in [1.29, 1.82) is 0 Å². The van der Waals surface area contributed by atoms with Gasteiger partial charge in [-0.3, -0.25) is 0 Å². The van der Waals surface area contributed by atoms with Crippen molar-refractivity contribution in [2.75, 3.05) is 6.54 Å². The second-order valence-corrected chi connectivity index (χ2v) is 4.71. The molecule has 0 aromatic heterocycles. The molecule has 0 aliphatic rings. The van der Waals surface area contributed by atoms with Gasteiger partial charge in [-0.05, 0) is 43.9 Å². The van der Waals surface area contributed by atoms with E-state index in [0.717, 1.165) is 38.3 Å². The minimum atomic E-state index is -0.509. The van der Waals surface area contributed by atoms with Gasteiger partial charge in [0.05, 0.1) is 0 Å². The van der Waals surface area contributed by atoms with Crippen LogP contribution in [0.5, 0.6) is 0 Å². The van der Waals surface area contributed by atoms with Gasteiger partial charge in [0, 0.05) is 12.1 Å². The van der Waals surface area contributed by atoms with E-state index in [1.807, 2.05) is 0 Å². The van der Waals surface area contributed by atoms with E-state index >= 15 is 0 Å². The first kappa shape index (κ1) is 15.1. The van der Waals surface area contributed by atoms with Crippen molar-refractivity contribution < 1.29 is 8.78 Å². The van der Waals surface area contributed by atoms with Gasteiger partial charge in [0.25, 0.3) is 0 Å². The van der Waals surface area contributed by atoms with Crippen molar-refractivity contribution in [3.63, 3.8) is 0 Å². The Morgan fingerprint density at radius 3 is 2.50 bits per heavy atom. The third-order valence-electron chi connectivity index (χ3n) is 3.10. The fraction of sp³-hybridized carbons (Fsp3) is 0.600. The van der Waals surface area contributed by atoms with Crippen LogP contribution in [0.1, 0.15) is 45.1 Å². The molecule has 0 aliphatic heterocycles. The highest BCUT2D eigenvalue weighted by Crippen LogP contribution is 2.14. The number of nitrogens with one attached hydrogen (secondary N) is 1. The van der Waals surface area contributed by atoms with Gasteiger partial charge in [-0.1, -0.05) is 26.3 Å². The van der Waals surface area contributed by atoms with E-state index in [1.165, 1.54) is 6.07 Å². The molecule has 1 nitrogen and oxygen atoms in total. The first-order valence-electron chi connectivity index (χ1n) is 6.84. The van der Waals surface area contributed by atoms with Crippen LogP contribution in [-0.2, 0) is 6.42 Å². The summed E-state index contributed by atoms with van der Waals surface area (Å²) in [7, 11) is 0. The lowest BCUT2D eigenvalue weighted by atomic mass is 10.0. The van der Waals surface area contributed by atoms with Crippen molar-refractivity contribution in [2.45, 2.75) is 52.0 Å². The fourth-order valence-electron chi connectivity index (χ4n) is 2.10. The maximum atomic E-state index is 13.5. The van der Waals surface area contributed by atoms with Crippen molar-refractivity contribution in [2.24, 2.45) is 0 Å². The smallest absolute Gasteiger partial charge is 0.129 e. The van der Waals surface area contributed by atoms with E-state index in [9.17, 15) is 8.78 Å². The monoisotopic (exact) mass is 255 g/mol. The standard InChI is InChI=1S/C15H23F2N/c1-3-5-14(18-10-4-2)9-7-12-6-8-13(16)11-15(12)17/h6,8,11,14,18H,3-5,7,9-10H2,1-2H3. The maximum Gasteiger partial charge on any atom is 0.129 e. The summed E-state index contributed by atoms with van der Waals surface area (Å²) in [6.45, 7) is 5.28. The molecule has 0 saturated carbocycles. The van der Waals surface area contributed by atoms with E-state index in [4.69, 9.17) is 0 Å². The Labute approximate surface area is 109 Å². The van der Waals surface area contributed by atoms with Crippen LogP contribution in [0.4, 0.5) is 8.78 Å². The molecule has 0 spiro atoms. The van der Waals surface area contributed by atoms with E-state index in [1.54, 1.807) is 6.07 Å². The summed E-state index contributed by atoms with van der Waals surface area (Å²) in [6, 6.07) is 4.27. The predicted molar refractivity (Wildman–Crippen MR) is 71.7 cm³/mol. The van der Waals surface area contributed by atoms with E-state index < -0.39 is 11.6 Å². The Morgan fingerprint density at radius 2 is 1.89 bits per heavy atom. The Balaban J connectivity index is 2.49. The molecule has 1 rings (SSSR count). The van der Waals surface area contributed by atoms with Gasteiger partial charge in [-0.2, -0.15) is 0 Å². The largest absolute Gasteiger partial charge is 0.314 e. The molecule has 18 heavy (non-hydrogen) atoms. The van der Waals surface area contributed by atoms with Crippen LogP contribution in [0, 0.1) is 11.6 Å². The lowest BCUT2D eigenvalue weighted by Gasteiger charge is -2.17. The summed E-state index contributed by atoms with van der Waals surface area (Å²) in [4.78, 5) is 0. The zero-order chi connectivity index (χ0) is 13.4. The molecule has 1 unspecified atom stereocenters. The molecule has 1 aromatic rings. The van der Waals surface area contributed by atoms with E-state index in [0.29, 0.717) is 18.0 Å². The minimum Gasteiger partial charge on any atom is -0.314 e. The third kappa shape index (κ3) is 5.13. The summed E-state index contributed by atoms with van der Waals surface area (Å²) < 4.78 is 26.3. The van der Waals surface area contributed by atoms with Crippen LogP contribution in [0.2, 0.25) is 0 Å². The van der Waals surface area contributed by atoms with Crippen LogP contribution in [0.3, 0.4) is 0 Å². The molecular formula is C15H23F2N. The highest BCUT2D eigenvalue weighted by molar-refractivity contribution is 5.18. The van der Waals surface area contributed by atoms with Gasteiger partial charge in [0.15, 0.2) is 0 Å². The second-order valence-electron chi connectivity index (χ2n) is 4.71. The summed E-state index contributed by atoms with van der Waals surface area (Å²) in [6.07, 6.45) is 4.88. The lowest BCUT2D eigenvalue weighted by molar-refractivity contribution is 0.445. The zero-order valence-electron chi connectivity index (χ0n) is 11.3. The van der Waals surface area contributed by atoms with Crippen molar-refractivity contribution in [3.8, 4) is 0 Å². The van der Waals surface area contributed by atoms with E-state index in [2.05, 4.69) is 19.2 Å². The van der Waals surface area contributed by atoms with Crippen molar-refractivity contribution >= 4 is 0 Å². The van der Waals surface area contributed by atoms with E-state index in [-0.39, 0.29) is 0 Å². The molecule has 0 amide bonds. The summed E-state index contributed by atoms with van der Waals surface area (Å²) in [5, 5.41) is 3.47. The number of hydrogen-bond donors (Lipinski definition) is 1. The molecule has 3 heteroatoms. The molecule has 0 radical (unpaired) electrons. The SMILES string of the molecule is CCCNC(CCC)CCc1ccc(F)cc1F. The van der Waals surface area contributed by atoms with Crippen LogP contribution in [0.15, 0.2) is 18.2 Å². The topological polar surface area (TPSA) is 12.0 Å². The van der Waals surface area contributed by atoms with Gasteiger partial charge >= 0.3 is 0 Å². The van der Waals surface area contributed by atoms with Crippen LogP contribution in [0.25, 0.3) is 0 Å². The quantitative estimate of drug-likeness (QED) is 0.738. The lowest BCUT2D eigenvalue weighted by Crippen LogP contribution is -2.30. The Kier molecular flexibility index (Phi) is 6.88. The van der Waals surface area contributed by atoms with Crippen molar-refractivity contribution in [1.82, 2.24) is 5.32 Å². The Bertz CT molecular complexity index is 352. The van der Waals surface area contributed by atoms with Gasteiger partial charge in [0.2, 0.25) is 0 Å². The molecule has 102 valence electrons. The fourth-order valence-corrected chi connectivity index (χ4v) is 2.10. The first-order chi connectivity index (χ1) is 8.67. The minimum absolute atomic E-state index is 0.430. The molecule has 1 atom stereocenters. The van der Waals surface area contributed by atoms with Gasteiger partial charge < -0.3 is 5.32 Å². The summed E-state index contributed by atoms with van der Waals surface area (Å²) in [5.74, 6) is -0.939. The molecule has 0 aliphatic carbocycles. The number of benzene rings is 1. The summed E-state index contributed by atoms with van der Waals surface area (Å²) in [5.41, 5.74) is 0.607. The molecular weight excluding hydrogens is 232 g/mol. The van der Waals surface area contributed by atoms with Gasteiger partial charge in [0.1, 0.15) is 11.6 Å². The third-order valence-corrected chi connectivity index (χ3v) is 3.10. The molecule has 0 bridgehead atoms. The number of aryl methyl sites for hydroxylation is 1. The molecule has 0 saturated heterocycles. The Hall–Kier alpha value is -0.960. The number of rotatable bonds is 8. The van der Waals surface area contributed by atoms with Crippen LogP contribution in [-0.4, -0.2) is 12.6 Å². The average molecular weight is 255 g/mol. The predicted octanol–water partition coefficient (Wildman–Crippen LogP) is 4.07. The Morgan fingerprint density at radius 1 is 1.11 bits per heavy atom. The van der Waals surface area contributed by atoms with Crippen LogP contribution < -0.4 is 5.32 Å². The normalized spacial score (nSPS) is 12.7. The molecule has 1 N–H and O–H groups in total. The average Bonchev–Trinajstić information content (AvgIpc) is 2.34. The second kappa shape index (κ2) is 8.20. The van der Waals surface area contributed by atoms with Gasteiger partial charge in [-0.15, -0.1) is 0 Å². The molecule has 0 fully saturated rings. The van der Waals surface area contributed by atoms with Gasteiger partial charge in [-0.25, -0.2) is 8.78 Å². The summed E-state index contributed by atoms with van der Waals surface area (Å²) >= 11 is 0. The molecule has 0 heterocycles. The highest BCUT2D eigenvalue weighted by Gasteiger charge is 2.09. The number of halogens is 2. The maximum absolute atomic E-state index is 13.5. The highest BCUT2D eigenvalue weighted by atomic mass is 19.1. The molecule has 1 aromatic carbocycles. The van der Waals surface area contributed by atoms with Crippen molar-refractivity contribution in [3.05, 3.63) is 35.4 Å².